The molecule has 0 unspecified atom stereocenters. The lowest BCUT2D eigenvalue weighted by Crippen LogP contribution is -1.97. The molecule has 112 valence electrons. The van der Waals surface area contributed by atoms with E-state index in [1.807, 2.05) is 23.9 Å². The van der Waals surface area contributed by atoms with Gasteiger partial charge >= 0.3 is 0 Å². The maximum atomic E-state index is 10.4. The van der Waals surface area contributed by atoms with E-state index in [9.17, 15) is 5.11 Å². The predicted molar refractivity (Wildman–Crippen MR) is 88.5 cm³/mol. The van der Waals surface area contributed by atoms with E-state index >= 15 is 0 Å². The number of rotatable bonds is 1. The van der Waals surface area contributed by atoms with Crippen LogP contribution in [-0.4, -0.2) is 25.8 Å². The lowest BCUT2D eigenvalue weighted by Gasteiger charge is -2.12. The number of nitrogens with zero attached hydrogens (tertiary/aromatic N) is 3. The monoisotopic (exact) mass is 311 g/mol. The highest BCUT2D eigenvalue weighted by atomic mass is 32.2. The molecule has 0 spiro atoms. The summed E-state index contributed by atoms with van der Waals surface area (Å²) < 4.78 is 0. The Kier molecular flexibility index (Phi) is 3.58. The topological polar surface area (TPSA) is 58.9 Å². The predicted octanol–water partition coefficient (Wildman–Crippen LogP) is 3.82. The van der Waals surface area contributed by atoms with Gasteiger partial charge in [0.1, 0.15) is 0 Å². The van der Waals surface area contributed by atoms with Crippen LogP contribution in [0.1, 0.15) is 36.9 Å². The quantitative estimate of drug-likeness (QED) is 0.867. The minimum atomic E-state index is 0.129. The van der Waals surface area contributed by atoms with Gasteiger partial charge in [0.2, 0.25) is 5.88 Å². The third-order valence-electron chi connectivity index (χ3n) is 4.22. The van der Waals surface area contributed by atoms with Gasteiger partial charge in [0.05, 0.1) is 5.69 Å². The van der Waals surface area contributed by atoms with Gasteiger partial charge in [-0.05, 0) is 42.7 Å². The summed E-state index contributed by atoms with van der Waals surface area (Å²) in [6.45, 7) is 0. The Morgan fingerprint density at radius 2 is 1.91 bits per heavy atom. The SMILES string of the molecule is Oc1nc(-c2ccncc2)nc2c1CC1=C2SCCCCC1. The molecule has 0 amide bonds. The first-order valence-electron chi connectivity index (χ1n) is 7.68. The number of thioether (sulfide) groups is 1. The fraction of sp³-hybridized carbons (Fsp3) is 0.353. The second kappa shape index (κ2) is 5.72. The van der Waals surface area contributed by atoms with Gasteiger partial charge in [-0.3, -0.25) is 4.98 Å². The van der Waals surface area contributed by atoms with Crippen molar-refractivity contribution in [3.8, 4) is 17.3 Å². The molecule has 1 aliphatic heterocycles. The Balaban J connectivity index is 1.81. The second-order valence-electron chi connectivity index (χ2n) is 5.70. The van der Waals surface area contributed by atoms with Crippen molar-refractivity contribution < 1.29 is 5.11 Å². The van der Waals surface area contributed by atoms with Crippen molar-refractivity contribution >= 4 is 16.7 Å². The zero-order valence-corrected chi connectivity index (χ0v) is 13.1. The van der Waals surface area contributed by atoms with E-state index in [-0.39, 0.29) is 5.88 Å². The van der Waals surface area contributed by atoms with Crippen LogP contribution in [-0.2, 0) is 6.42 Å². The van der Waals surface area contributed by atoms with Gasteiger partial charge in [-0.2, -0.15) is 4.98 Å². The molecular formula is C17H17N3OS. The zero-order valence-electron chi connectivity index (χ0n) is 12.2. The van der Waals surface area contributed by atoms with Crippen molar-refractivity contribution in [1.82, 2.24) is 15.0 Å². The Labute approximate surface area is 133 Å². The van der Waals surface area contributed by atoms with Crippen molar-refractivity contribution in [2.75, 3.05) is 5.75 Å². The summed E-state index contributed by atoms with van der Waals surface area (Å²) in [5, 5.41) is 10.4. The van der Waals surface area contributed by atoms with Gasteiger partial charge in [0, 0.05) is 34.8 Å². The molecule has 0 aromatic carbocycles. The average molecular weight is 311 g/mol. The van der Waals surface area contributed by atoms with E-state index in [1.165, 1.54) is 29.7 Å². The van der Waals surface area contributed by atoms with Crippen LogP contribution in [0.25, 0.3) is 16.3 Å². The Morgan fingerprint density at radius 3 is 2.77 bits per heavy atom. The van der Waals surface area contributed by atoms with Crippen LogP contribution in [0.15, 0.2) is 30.1 Å². The molecule has 3 heterocycles. The van der Waals surface area contributed by atoms with E-state index in [2.05, 4.69) is 9.97 Å². The molecule has 1 N–H and O–H groups in total. The largest absolute Gasteiger partial charge is 0.493 e. The Morgan fingerprint density at radius 1 is 1.05 bits per heavy atom. The van der Waals surface area contributed by atoms with Crippen LogP contribution in [0.4, 0.5) is 0 Å². The fourth-order valence-electron chi connectivity index (χ4n) is 3.08. The van der Waals surface area contributed by atoms with Gasteiger partial charge in [-0.1, -0.05) is 6.42 Å². The highest BCUT2D eigenvalue weighted by molar-refractivity contribution is 8.08. The molecule has 2 aliphatic rings. The van der Waals surface area contributed by atoms with Crippen LogP contribution >= 0.6 is 11.8 Å². The van der Waals surface area contributed by atoms with Crippen LogP contribution in [0, 0.1) is 0 Å². The first kappa shape index (κ1) is 13.8. The molecule has 2 aromatic heterocycles. The van der Waals surface area contributed by atoms with E-state index in [4.69, 9.17) is 4.98 Å². The maximum absolute atomic E-state index is 10.4. The zero-order chi connectivity index (χ0) is 14.9. The van der Waals surface area contributed by atoms with Gasteiger partial charge < -0.3 is 5.11 Å². The minimum absolute atomic E-state index is 0.129. The minimum Gasteiger partial charge on any atom is -0.493 e. The van der Waals surface area contributed by atoms with E-state index in [0.717, 1.165) is 35.4 Å². The number of hydrogen-bond donors (Lipinski definition) is 1. The summed E-state index contributed by atoms with van der Waals surface area (Å²) in [4.78, 5) is 14.4. The molecule has 2 aromatic rings. The third-order valence-corrected chi connectivity index (χ3v) is 5.48. The standard InChI is InChI=1S/C17H17N3OS/c21-17-13-10-12-4-2-1-3-9-22-15(12)14(13)19-16(20-17)11-5-7-18-8-6-11/h5-8H,1-4,9-10H2,(H,19,20,21). The molecule has 0 saturated heterocycles. The number of fused-ring (bicyclic) bond motifs is 2. The average Bonchev–Trinajstić information content (AvgIpc) is 2.85. The Hall–Kier alpha value is -1.88. The molecule has 22 heavy (non-hydrogen) atoms. The molecule has 0 radical (unpaired) electrons. The molecule has 4 nitrogen and oxygen atoms in total. The van der Waals surface area contributed by atoms with Gasteiger partial charge in [-0.15, -0.1) is 11.8 Å². The first-order chi connectivity index (χ1) is 10.8. The summed E-state index contributed by atoms with van der Waals surface area (Å²) in [7, 11) is 0. The molecule has 0 saturated carbocycles. The second-order valence-corrected chi connectivity index (χ2v) is 6.81. The number of hydrogen-bond acceptors (Lipinski definition) is 5. The van der Waals surface area contributed by atoms with Gasteiger partial charge in [-0.25, -0.2) is 4.98 Å². The number of aromatic hydroxyl groups is 1. The summed E-state index contributed by atoms with van der Waals surface area (Å²) in [5.41, 5.74) is 4.16. The van der Waals surface area contributed by atoms with E-state index in [0.29, 0.717) is 5.82 Å². The molecular weight excluding hydrogens is 294 g/mol. The molecule has 0 fully saturated rings. The normalized spacial score (nSPS) is 17.6. The number of aromatic nitrogens is 3. The van der Waals surface area contributed by atoms with Crippen LogP contribution in [0.5, 0.6) is 5.88 Å². The van der Waals surface area contributed by atoms with Crippen LogP contribution in [0.2, 0.25) is 0 Å². The molecule has 0 atom stereocenters. The highest BCUT2D eigenvalue weighted by Crippen LogP contribution is 2.45. The molecule has 5 heteroatoms. The van der Waals surface area contributed by atoms with E-state index < -0.39 is 0 Å². The van der Waals surface area contributed by atoms with Crippen LogP contribution in [0.3, 0.4) is 0 Å². The Bertz CT molecular complexity index is 743. The van der Waals surface area contributed by atoms with Gasteiger partial charge in [0.15, 0.2) is 5.82 Å². The smallest absolute Gasteiger partial charge is 0.218 e. The van der Waals surface area contributed by atoms with Crippen molar-refractivity contribution in [2.24, 2.45) is 0 Å². The number of allylic oxidation sites excluding steroid dienone is 1. The van der Waals surface area contributed by atoms with E-state index in [1.54, 1.807) is 12.4 Å². The summed E-state index contributed by atoms with van der Waals surface area (Å²) >= 11 is 1.89. The first-order valence-corrected chi connectivity index (χ1v) is 8.67. The summed E-state index contributed by atoms with van der Waals surface area (Å²) in [6.07, 6.45) is 9.14. The fourth-order valence-corrected chi connectivity index (χ4v) is 4.31. The van der Waals surface area contributed by atoms with Crippen LogP contribution < -0.4 is 0 Å². The van der Waals surface area contributed by atoms with Gasteiger partial charge in [0.25, 0.3) is 0 Å². The lowest BCUT2D eigenvalue weighted by atomic mass is 10.1. The lowest BCUT2D eigenvalue weighted by molar-refractivity contribution is 0.446. The molecule has 1 aliphatic carbocycles. The maximum Gasteiger partial charge on any atom is 0.218 e. The number of pyridine rings is 1. The van der Waals surface area contributed by atoms with Crippen molar-refractivity contribution in [2.45, 2.75) is 32.1 Å². The van der Waals surface area contributed by atoms with Crippen molar-refractivity contribution in [3.63, 3.8) is 0 Å². The highest BCUT2D eigenvalue weighted by Gasteiger charge is 2.28. The summed E-state index contributed by atoms with van der Waals surface area (Å²) in [5.74, 6) is 1.84. The third kappa shape index (κ3) is 2.39. The molecule has 4 rings (SSSR count). The molecule has 0 bridgehead atoms. The van der Waals surface area contributed by atoms with Crippen molar-refractivity contribution in [3.05, 3.63) is 41.4 Å². The van der Waals surface area contributed by atoms with Crippen molar-refractivity contribution in [1.29, 1.82) is 0 Å². The summed E-state index contributed by atoms with van der Waals surface area (Å²) in [6, 6.07) is 3.74.